The zero-order valence-corrected chi connectivity index (χ0v) is 20.1. The Morgan fingerprint density at radius 2 is 1.83 bits per heavy atom. The zero-order valence-electron chi connectivity index (χ0n) is 19.3. The van der Waals surface area contributed by atoms with Crippen molar-refractivity contribution < 1.29 is 35.5 Å². The van der Waals surface area contributed by atoms with Crippen LogP contribution in [0.25, 0.3) is 0 Å². The lowest BCUT2D eigenvalue weighted by Crippen LogP contribution is -2.37. The summed E-state index contributed by atoms with van der Waals surface area (Å²) in [6.45, 7) is 2.91. The zero-order chi connectivity index (χ0) is 26.3. The van der Waals surface area contributed by atoms with Gasteiger partial charge in [0.2, 0.25) is 0 Å². The second-order valence-electron chi connectivity index (χ2n) is 8.49. The van der Waals surface area contributed by atoms with Gasteiger partial charge >= 0.3 is 6.18 Å². The molecule has 1 aliphatic heterocycles. The largest absolute Gasteiger partial charge is 0.481 e. The number of alkyl halides is 3. The summed E-state index contributed by atoms with van der Waals surface area (Å²) in [6.07, 6.45) is -5.43. The second kappa shape index (κ2) is 9.45. The molecule has 3 aromatic carbocycles. The minimum absolute atomic E-state index is 0.0243. The van der Waals surface area contributed by atoms with E-state index >= 15 is 0 Å². The average molecular weight is 523 g/mol. The molecule has 0 radical (unpaired) electrons. The number of benzene rings is 3. The van der Waals surface area contributed by atoms with E-state index in [2.05, 4.69) is 4.72 Å². The maximum atomic E-state index is 13.9. The van der Waals surface area contributed by atoms with Crippen molar-refractivity contribution in [1.29, 1.82) is 0 Å². The lowest BCUT2D eigenvalue weighted by Gasteiger charge is -2.23. The molecule has 4 rings (SSSR count). The van der Waals surface area contributed by atoms with Crippen molar-refractivity contribution in [3.05, 3.63) is 88.7 Å². The Balaban J connectivity index is 1.61. The number of halogens is 4. The summed E-state index contributed by atoms with van der Waals surface area (Å²) in [5, 5.41) is 0. The number of hydrogen-bond acceptors (Lipinski definition) is 4. The van der Waals surface area contributed by atoms with Gasteiger partial charge in [0.15, 0.2) is 6.10 Å². The molecule has 190 valence electrons. The number of aryl methyl sites for hydroxylation is 1. The van der Waals surface area contributed by atoms with Crippen molar-refractivity contribution in [1.82, 2.24) is 4.90 Å². The lowest BCUT2D eigenvalue weighted by atomic mass is 10.1. The molecule has 1 atom stereocenters. The highest BCUT2D eigenvalue weighted by Gasteiger charge is 2.32. The Morgan fingerprint density at radius 3 is 2.53 bits per heavy atom. The molecule has 0 fully saturated rings. The Bertz CT molecular complexity index is 1420. The van der Waals surface area contributed by atoms with Crippen LogP contribution in [0.1, 0.15) is 29.2 Å². The van der Waals surface area contributed by atoms with Crippen molar-refractivity contribution in [2.75, 3.05) is 4.72 Å². The number of nitrogens with one attached hydrogen (secondary N) is 1. The van der Waals surface area contributed by atoms with Crippen LogP contribution in [-0.2, 0) is 34.1 Å². The molecule has 1 aliphatic rings. The molecular weight excluding hydrogens is 500 g/mol. The minimum atomic E-state index is -4.52. The molecule has 1 amide bonds. The summed E-state index contributed by atoms with van der Waals surface area (Å²) in [6, 6.07) is 12.7. The smallest absolute Gasteiger partial charge is 0.416 e. The summed E-state index contributed by atoms with van der Waals surface area (Å²) >= 11 is 0. The SMILES string of the molecule is Cc1ccc(S(=O)(=O)Nc2ccc3c(c2)CN(Cc2cccc(C(F)(F)F)c2)C(=O)[C@H](C)O3)cc1F. The van der Waals surface area contributed by atoms with Gasteiger partial charge in [-0.3, -0.25) is 9.52 Å². The molecule has 0 aliphatic carbocycles. The van der Waals surface area contributed by atoms with E-state index in [-0.39, 0.29) is 29.2 Å². The van der Waals surface area contributed by atoms with Gasteiger partial charge in [0, 0.05) is 24.3 Å². The van der Waals surface area contributed by atoms with Crippen LogP contribution in [-0.4, -0.2) is 25.3 Å². The predicted octanol–water partition coefficient (Wildman–Crippen LogP) is 5.26. The number of carbonyl (C=O) groups excluding carboxylic acids is 1. The predicted molar refractivity (Wildman–Crippen MR) is 124 cm³/mol. The van der Waals surface area contributed by atoms with Crippen LogP contribution in [0.3, 0.4) is 0 Å². The van der Waals surface area contributed by atoms with Crippen molar-refractivity contribution in [2.45, 2.75) is 44.1 Å². The van der Waals surface area contributed by atoms with Crippen molar-refractivity contribution >= 4 is 21.6 Å². The Morgan fingerprint density at radius 1 is 1.08 bits per heavy atom. The molecule has 6 nitrogen and oxygen atoms in total. The third kappa shape index (κ3) is 5.46. The van der Waals surface area contributed by atoms with Gasteiger partial charge in [-0.15, -0.1) is 0 Å². The van der Waals surface area contributed by atoms with Gasteiger partial charge in [-0.05, 0) is 67.4 Å². The normalized spacial score (nSPS) is 16.2. The second-order valence-corrected chi connectivity index (χ2v) is 10.2. The van der Waals surface area contributed by atoms with Gasteiger partial charge in [0.05, 0.1) is 10.5 Å². The molecule has 0 bridgehead atoms. The fourth-order valence-electron chi connectivity index (χ4n) is 3.82. The van der Waals surface area contributed by atoms with E-state index in [1.54, 1.807) is 0 Å². The topological polar surface area (TPSA) is 75.7 Å². The number of sulfonamides is 1. The molecule has 0 saturated carbocycles. The summed E-state index contributed by atoms with van der Waals surface area (Å²) in [5.74, 6) is -0.751. The Kier molecular flexibility index (Phi) is 6.70. The van der Waals surface area contributed by atoms with E-state index in [4.69, 9.17) is 4.74 Å². The van der Waals surface area contributed by atoms with Crippen molar-refractivity contribution in [3.63, 3.8) is 0 Å². The third-order valence-electron chi connectivity index (χ3n) is 5.72. The number of anilines is 1. The van der Waals surface area contributed by atoms with Crippen LogP contribution in [0.15, 0.2) is 65.6 Å². The maximum absolute atomic E-state index is 13.9. The lowest BCUT2D eigenvalue weighted by molar-refractivity contribution is -0.138. The molecular formula is C25H22F4N2O4S. The molecule has 1 N–H and O–H groups in total. The monoisotopic (exact) mass is 522 g/mol. The Labute approximate surface area is 205 Å². The summed E-state index contributed by atoms with van der Waals surface area (Å²) < 4.78 is 86.9. The van der Waals surface area contributed by atoms with Gasteiger partial charge in [-0.25, -0.2) is 12.8 Å². The number of rotatable bonds is 5. The average Bonchev–Trinajstić information content (AvgIpc) is 2.91. The molecule has 0 saturated heterocycles. The van der Waals surface area contributed by atoms with Crippen LogP contribution in [0.4, 0.5) is 23.2 Å². The van der Waals surface area contributed by atoms with Crippen LogP contribution in [0.2, 0.25) is 0 Å². The summed E-state index contributed by atoms with van der Waals surface area (Å²) in [5.41, 5.74) is 0.369. The van der Waals surface area contributed by atoms with Gasteiger partial charge in [-0.2, -0.15) is 13.2 Å². The molecule has 0 aromatic heterocycles. The summed E-state index contributed by atoms with van der Waals surface area (Å²) in [4.78, 5) is 14.0. The van der Waals surface area contributed by atoms with Crippen molar-refractivity contribution in [2.24, 2.45) is 0 Å². The first-order valence-corrected chi connectivity index (χ1v) is 12.4. The molecule has 1 heterocycles. The van der Waals surface area contributed by atoms with Crippen LogP contribution in [0.5, 0.6) is 5.75 Å². The highest BCUT2D eigenvalue weighted by molar-refractivity contribution is 7.92. The third-order valence-corrected chi connectivity index (χ3v) is 7.10. The van der Waals surface area contributed by atoms with Gasteiger partial charge in [-0.1, -0.05) is 18.2 Å². The number of carbonyl (C=O) groups is 1. The van der Waals surface area contributed by atoms with Gasteiger partial charge in [0.25, 0.3) is 15.9 Å². The minimum Gasteiger partial charge on any atom is -0.481 e. The van der Waals surface area contributed by atoms with E-state index in [0.717, 1.165) is 18.2 Å². The van der Waals surface area contributed by atoms with Crippen LogP contribution < -0.4 is 9.46 Å². The number of amides is 1. The maximum Gasteiger partial charge on any atom is 0.416 e. The fourth-order valence-corrected chi connectivity index (χ4v) is 4.88. The van der Waals surface area contributed by atoms with Crippen LogP contribution >= 0.6 is 0 Å². The molecule has 11 heteroatoms. The van der Waals surface area contributed by atoms with E-state index in [9.17, 15) is 30.8 Å². The first-order valence-electron chi connectivity index (χ1n) is 10.9. The summed E-state index contributed by atoms with van der Waals surface area (Å²) in [7, 11) is -4.11. The molecule has 0 spiro atoms. The van der Waals surface area contributed by atoms with E-state index < -0.39 is 39.6 Å². The van der Waals surface area contributed by atoms with Crippen LogP contribution in [0, 0.1) is 12.7 Å². The van der Waals surface area contributed by atoms with E-state index in [1.807, 2.05) is 0 Å². The first-order chi connectivity index (χ1) is 16.8. The fraction of sp³-hybridized carbons (Fsp3) is 0.240. The Hall–Kier alpha value is -3.60. The first kappa shape index (κ1) is 25.5. The molecule has 0 unspecified atom stereocenters. The van der Waals surface area contributed by atoms with Crippen molar-refractivity contribution in [3.8, 4) is 5.75 Å². The van der Waals surface area contributed by atoms with E-state index in [0.29, 0.717) is 16.9 Å². The van der Waals surface area contributed by atoms with Gasteiger partial charge in [0.1, 0.15) is 11.6 Å². The highest BCUT2D eigenvalue weighted by atomic mass is 32.2. The van der Waals surface area contributed by atoms with Gasteiger partial charge < -0.3 is 9.64 Å². The number of nitrogens with zero attached hydrogens (tertiary/aromatic N) is 1. The molecule has 3 aromatic rings. The quantitative estimate of drug-likeness (QED) is 0.464. The highest BCUT2D eigenvalue weighted by Crippen LogP contribution is 2.32. The molecule has 36 heavy (non-hydrogen) atoms. The number of ether oxygens (including phenoxy) is 1. The number of fused-ring (bicyclic) bond motifs is 1. The number of hydrogen-bond donors (Lipinski definition) is 1. The van der Waals surface area contributed by atoms with E-state index in [1.165, 1.54) is 61.2 Å². The standard InChI is InChI=1S/C25H22F4N2O4S/c1-15-6-8-21(12-22(15)26)36(33,34)30-20-7-9-23-18(11-20)14-31(24(32)16(2)35-23)13-17-4-3-5-19(10-17)25(27,28)29/h3-12,16,30H,13-14H2,1-2H3/t16-/m0/s1.